The van der Waals surface area contributed by atoms with Gasteiger partial charge in [0.2, 0.25) is 0 Å². The minimum atomic E-state index is -2.92. The minimum absolute atomic E-state index is 0.234. The molecule has 0 radical (unpaired) electrons. The molecule has 0 aliphatic heterocycles. The predicted molar refractivity (Wildman–Crippen MR) is 80.9 cm³/mol. The van der Waals surface area contributed by atoms with Crippen LogP contribution in [0.2, 0.25) is 0 Å². The van der Waals surface area contributed by atoms with Gasteiger partial charge in [0.1, 0.15) is 15.7 Å². The molecular weight excluding hydrogens is 331 g/mol. The maximum absolute atomic E-state index is 12.8. The zero-order chi connectivity index (χ0) is 14.3. The van der Waals surface area contributed by atoms with Gasteiger partial charge in [0.05, 0.1) is 5.75 Å². The lowest BCUT2D eigenvalue weighted by atomic mass is 9.99. The number of hydrogen-bond acceptors (Lipinski definition) is 2. The Kier molecular flexibility index (Phi) is 7.00. The van der Waals surface area contributed by atoms with Crippen molar-refractivity contribution in [3.8, 4) is 0 Å². The fourth-order valence-electron chi connectivity index (χ4n) is 1.95. The van der Waals surface area contributed by atoms with Crippen LogP contribution in [0.15, 0.2) is 24.3 Å². The summed E-state index contributed by atoms with van der Waals surface area (Å²) in [5.41, 5.74) is 1.04. The summed E-state index contributed by atoms with van der Waals surface area (Å²) >= 11 is 3.43. The largest absolute Gasteiger partial charge is 0.229 e. The number of rotatable bonds is 8. The van der Waals surface area contributed by atoms with E-state index in [2.05, 4.69) is 15.9 Å². The van der Waals surface area contributed by atoms with Gasteiger partial charge < -0.3 is 0 Å². The molecule has 0 saturated carbocycles. The van der Waals surface area contributed by atoms with Crippen molar-refractivity contribution in [2.75, 3.05) is 16.8 Å². The van der Waals surface area contributed by atoms with Crippen LogP contribution in [0.3, 0.4) is 0 Å². The van der Waals surface area contributed by atoms with Gasteiger partial charge in [-0.1, -0.05) is 35.0 Å². The first-order valence-corrected chi connectivity index (χ1v) is 9.42. The smallest absolute Gasteiger partial charge is 0.150 e. The van der Waals surface area contributed by atoms with Gasteiger partial charge in [0, 0.05) is 11.1 Å². The zero-order valence-corrected chi connectivity index (χ0v) is 13.5. The van der Waals surface area contributed by atoms with E-state index in [1.807, 2.05) is 6.92 Å². The van der Waals surface area contributed by atoms with Crippen molar-refractivity contribution < 1.29 is 12.8 Å². The zero-order valence-electron chi connectivity index (χ0n) is 11.1. The quantitative estimate of drug-likeness (QED) is 0.671. The van der Waals surface area contributed by atoms with E-state index in [1.165, 1.54) is 12.1 Å². The van der Waals surface area contributed by atoms with Gasteiger partial charge in [0.15, 0.2) is 0 Å². The number of benzene rings is 1. The molecule has 0 aliphatic carbocycles. The van der Waals surface area contributed by atoms with Crippen molar-refractivity contribution in [3.63, 3.8) is 0 Å². The second-order valence-corrected chi connectivity index (χ2v) is 7.74. The maximum Gasteiger partial charge on any atom is 0.150 e. The lowest BCUT2D eigenvalue weighted by molar-refractivity contribution is 0.551. The Morgan fingerprint density at radius 1 is 1.21 bits per heavy atom. The molecule has 19 heavy (non-hydrogen) atoms. The molecule has 0 aromatic heterocycles. The summed E-state index contributed by atoms with van der Waals surface area (Å²) in [6.07, 6.45) is 2.08. The molecule has 0 amide bonds. The summed E-state index contributed by atoms with van der Waals surface area (Å²) in [5, 5.41) is 0.756. The average Bonchev–Trinajstić information content (AvgIpc) is 2.36. The van der Waals surface area contributed by atoms with Crippen molar-refractivity contribution >= 4 is 25.8 Å². The molecule has 1 rings (SSSR count). The van der Waals surface area contributed by atoms with E-state index in [1.54, 1.807) is 12.1 Å². The third kappa shape index (κ3) is 6.52. The fourth-order valence-corrected chi connectivity index (χ4v) is 4.02. The van der Waals surface area contributed by atoms with Crippen molar-refractivity contribution in [2.45, 2.75) is 26.2 Å². The second-order valence-electron chi connectivity index (χ2n) is 4.79. The predicted octanol–water partition coefficient (Wildman–Crippen LogP) is 3.59. The van der Waals surface area contributed by atoms with Crippen LogP contribution >= 0.6 is 15.9 Å². The first-order chi connectivity index (χ1) is 8.96. The Morgan fingerprint density at radius 2 is 1.84 bits per heavy atom. The maximum atomic E-state index is 12.8. The van der Waals surface area contributed by atoms with Gasteiger partial charge in [-0.3, -0.25) is 0 Å². The lowest BCUT2D eigenvalue weighted by Gasteiger charge is -2.14. The second kappa shape index (κ2) is 8.00. The van der Waals surface area contributed by atoms with Crippen molar-refractivity contribution in [1.82, 2.24) is 0 Å². The standard InChI is InChI=1S/C14H20BrFO2S/c1-2-8-19(17,18)9-7-13(11-15)10-12-3-5-14(16)6-4-12/h3-6,13H,2,7-11H2,1H3. The molecule has 2 nitrogen and oxygen atoms in total. The summed E-state index contributed by atoms with van der Waals surface area (Å²) in [6, 6.07) is 6.39. The Hall–Kier alpha value is -0.420. The lowest BCUT2D eigenvalue weighted by Crippen LogP contribution is -2.16. The molecule has 0 spiro atoms. The monoisotopic (exact) mass is 350 g/mol. The van der Waals surface area contributed by atoms with E-state index in [4.69, 9.17) is 0 Å². The Balaban J connectivity index is 2.52. The summed E-state index contributed by atoms with van der Waals surface area (Å²) in [7, 11) is -2.92. The van der Waals surface area contributed by atoms with E-state index in [0.29, 0.717) is 12.8 Å². The normalized spacial score (nSPS) is 13.4. The van der Waals surface area contributed by atoms with Gasteiger partial charge in [0.25, 0.3) is 0 Å². The number of hydrogen-bond donors (Lipinski definition) is 0. The topological polar surface area (TPSA) is 34.1 Å². The molecule has 0 fully saturated rings. The summed E-state index contributed by atoms with van der Waals surface area (Å²) < 4.78 is 36.2. The molecule has 0 N–H and O–H groups in total. The summed E-state index contributed by atoms with van der Waals surface area (Å²) in [4.78, 5) is 0. The SMILES string of the molecule is CCCS(=O)(=O)CCC(CBr)Cc1ccc(F)cc1. The minimum Gasteiger partial charge on any atom is -0.229 e. The van der Waals surface area contributed by atoms with Crippen LogP contribution < -0.4 is 0 Å². The highest BCUT2D eigenvalue weighted by Crippen LogP contribution is 2.17. The van der Waals surface area contributed by atoms with Crippen LogP contribution in [0.4, 0.5) is 4.39 Å². The molecule has 1 atom stereocenters. The molecule has 1 aromatic rings. The van der Waals surface area contributed by atoms with Crippen LogP contribution in [0, 0.1) is 11.7 Å². The van der Waals surface area contributed by atoms with E-state index in [9.17, 15) is 12.8 Å². The highest BCUT2D eigenvalue weighted by atomic mass is 79.9. The van der Waals surface area contributed by atoms with Crippen LogP contribution in [0.1, 0.15) is 25.3 Å². The Bertz CT molecular complexity index is 471. The molecule has 0 bridgehead atoms. The van der Waals surface area contributed by atoms with Gasteiger partial charge in [-0.25, -0.2) is 12.8 Å². The van der Waals surface area contributed by atoms with Crippen LogP contribution in [0.25, 0.3) is 0 Å². The first kappa shape index (κ1) is 16.6. The molecule has 1 unspecified atom stereocenters. The number of sulfone groups is 1. The highest BCUT2D eigenvalue weighted by Gasteiger charge is 2.15. The van der Waals surface area contributed by atoms with E-state index >= 15 is 0 Å². The van der Waals surface area contributed by atoms with Gasteiger partial charge in [-0.05, 0) is 42.9 Å². The van der Waals surface area contributed by atoms with Crippen molar-refractivity contribution in [2.24, 2.45) is 5.92 Å². The van der Waals surface area contributed by atoms with E-state index in [-0.39, 0.29) is 23.2 Å². The fraction of sp³-hybridized carbons (Fsp3) is 0.571. The van der Waals surface area contributed by atoms with Gasteiger partial charge in [-0.15, -0.1) is 0 Å². The molecule has 108 valence electrons. The van der Waals surface area contributed by atoms with Gasteiger partial charge in [-0.2, -0.15) is 0 Å². The first-order valence-electron chi connectivity index (χ1n) is 6.47. The average molecular weight is 351 g/mol. The molecule has 5 heteroatoms. The van der Waals surface area contributed by atoms with Crippen LogP contribution in [-0.2, 0) is 16.3 Å². The number of halogens is 2. The third-order valence-electron chi connectivity index (χ3n) is 3.01. The number of alkyl halides is 1. The highest BCUT2D eigenvalue weighted by molar-refractivity contribution is 9.09. The molecule has 1 aromatic carbocycles. The van der Waals surface area contributed by atoms with Gasteiger partial charge >= 0.3 is 0 Å². The molecule has 0 saturated heterocycles. The van der Waals surface area contributed by atoms with E-state index in [0.717, 1.165) is 17.3 Å². The molecule has 0 heterocycles. The van der Waals surface area contributed by atoms with Crippen LogP contribution in [0.5, 0.6) is 0 Å². The van der Waals surface area contributed by atoms with E-state index < -0.39 is 9.84 Å². The van der Waals surface area contributed by atoms with Crippen molar-refractivity contribution in [1.29, 1.82) is 0 Å². The Labute approximate surface area is 123 Å². The molecular formula is C14H20BrFO2S. The third-order valence-corrected chi connectivity index (χ3v) is 5.81. The summed E-state index contributed by atoms with van der Waals surface area (Å²) in [5.74, 6) is 0.512. The molecule has 0 aliphatic rings. The summed E-state index contributed by atoms with van der Waals surface area (Å²) in [6.45, 7) is 1.87. The van der Waals surface area contributed by atoms with Crippen molar-refractivity contribution in [3.05, 3.63) is 35.6 Å². The van der Waals surface area contributed by atoms with Crippen LogP contribution in [-0.4, -0.2) is 25.3 Å². The Morgan fingerprint density at radius 3 is 2.37 bits per heavy atom.